The summed E-state index contributed by atoms with van der Waals surface area (Å²) in [6, 6.07) is 15.4. The molecule has 3 rings (SSSR count). The first-order valence-electron chi connectivity index (χ1n) is 12.9. The lowest BCUT2D eigenvalue weighted by atomic mass is 10.1. The third-order valence-corrected chi connectivity index (χ3v) is 8.19. The van der Waals surface area contributed by atoms with Gasteiger partial charge in [-0.25, -0.2) is 9.19 Å². The van der Waals surface area contributed by atoms with Gasteiger partial charge in [-0.15, -0.1) is 0 Å². The summed E-state index contributed by atoms with van der Waals surface area (Å²) in [5.41, 5.74) is 8.22. The van der Waals surface area contributed by atoms with Crippen molar-refractivity contribution in [3.63, 3.8) is 0 Å². The minimum absolute atomic E-state index is 0.166. The molecule has 39 heavy (non-hydrogen) atoms. The number of nitrogen functional groups attached to an aromatic ring is 1. The zero-order valence-corrected chi connectivity index (χ0v) is 23.3. The zero-order valence-electron chi connectivity index (χ0n) is 22.5. The van der Waals surface area contributed by atoms with Crippen LogP contribution in [0, 0.1) is 11.8 Å². The molecule has 2 amide bonds. The summed E-state index contributed by atoms with van der Waals surface area (Å²) in [6.07, 6.45) is 4.58. The van der Waals surface area contributed by atoms with E-state index in [1.165, 1.54) is 12.3 Å². The normalized spacial score (nSPS) is 10.7. The monoisotopic (exact) mass is 546 g/mol. The third kappa shape index (κ3) is 8.69. The Bertz CT molecular complexity index is 1500. The maximum absolute atomic E-state index is 13.3. The molecule has 204 valence electrons. The molecular weight excluding hydrogens is 512 g/mol. The Morgan fingerprint density at radius 3 is 2.41 bits per heavy atom. The highest BCUT2D eigenvalue weighted by atomic mass is 32.2. The number of ether oxygens (including phenoxy) is 1. The van der Waals surface area contributed by atoms with Crippen LogP contribution in [0.2, 0.25) is 0 Å². The van der Waals surface area contributed by atoms with Gasteiger partial charge in [0.15, 0.2) is 0 Å². The van der Waals surface area contributed by atoms with Crippen LogP contribution in [0.3, 0.4) is 0 Å². The van der Waals surface area contributed by atoms with Crippen molar-refractivity contribution < 1.29 is 18.5 Å². The minimum atomic E-state index is -2.64. The van der Waals surface area contributed by atoms with Crippen LogP contribution in [0.5, 0.6) is 5.75 Å². The van der Waals surface area contributed by atoms with Crippen molar-refractivity contribution in [3.8, 4) is 17.6 Å². The molecule has 0 bridgehead atoms. The SMILES string of the molecule is CCCCS(=O)(CCCC)=NC(=O)c1cnc(N)c(C#Cc2cccc(NC(=O)c3cccc(OC)c3)c2)c1. The topological polar surface area (TPSA) is 124 Å². The van der Waals surface area contributed by atoms with Crippen molar-refractivity contribution in [1.29, 1.82) is 0 Å². The first-order chi connectivity index (χ1) is 18.8. The number of rotatable bonds is 10. The summed E-state index contributed by atoms with van der Waals surface area (Å²) in [5, 5.41) is 2.85. The molecule has 0 atom stereocenters. The summed E-state index contributed by atoms with van der Waals surface area (Å²) >= 11 is 0. The summed E-state index contributed by atoms with van der Waals surface area (Å²) in [5.74, 6) is 6.65. The molecule has 0 saturated carbocycles. The second kappa shape index (κ2) is 14.1. The summed E-state index contributed by atoms with van der Waals surface area (Å²) < 4.78 is 22.6. The standard InChI is InChI=1S/C30H34N4O4S/c1-4-6-16-39(37,17-7-5-2)34-30(36)25-19-23(28(31)32-21-25)15-14-22-10-8-12-26(18-22)33-29(35)24-11-9-13-27(20-24)38-3/h8-13,18-21H,4-7,16-17H2,1-3H3,(H2,31,32)(H,33,35). The van der Waals surface area contributed by atoms with E-state index in [4.69, 9.17) is 10.5 Å². The van der Waals surface area contributed by atoms with E-state index in [1.807, 2.05) is 13.8 Å². The number of nitrogens with two attached hydrogens (primary N) is 1. The Labute approximate surface area is 230 Å². The lowest BCUT2D eigenvalue weighted by Gasteiger charge is -2.09. The molecule has 0 fully saturated rings. The Morgan fingerprint density at radius 2 is 1.72 bits per heavy atom. The summed E-state index contributed by atoms with van der Waals surface area (Å²) in [6.45, 7) is 4.03. The second-order valence-electron chi connectivity index (χ2n) is 8.96. The Kier molecular flexibility index (Phi) is 10.6. The van der Waals surface area contributed by atoms with Gasteiger partial charge in [0.1, 0.15) is 11.6 Å². The van der Waals surface area contributed by atoms with Gasteiger partial charge in [0.25, 0.3) is 11.8 Å². The largest absolute Gasteiger partial charge is 0.497 e. The Balaban J connectivity index is 1.81. The highest BCUT2D eigenvalue weighted by molar-refractivity contribution is 7.93. The lowest BCUT2D eigenvalue weighted by molar-refractivity contribution is 0.100. The molecule has 0 aliphatic rings. The molecule has 0 saturated heterocycles. The van der Waals surface area contributed by atoms with Gasteiger partial charge in [-0.1, -0.05) is 50.7 Å². The fraction of sp³-hybridized carbons (Fsp3) is 0.300. The number of nitrogens with one attached hydrogen (secondary N) is 1. The van der Waals surface area contributed by atoms with Crippen LogP contribution in [0.25, 0.3) is 0 Å². The van der Waals surface area contributed by atoms with Crippen molar-refractivity contribution in [3.05, 3.63) is 83.0 Å². The van der Waals surface area contributed by atoms with Crippen LogP contribution >= 0.6 is 0 Å². The number of pyridine rings is 1. The van der Waals surface area contributed by atoms with Gasteiger partial charge in [-0.3, -0.25) is 9.59 Å². The molecular formula is C30H34N4O4S. The third-order valence-electron chi connectivity index (χ3n) is 5.84. The highest BCUT2D eigenvalue weighted by Crippen LogP contribution is 2.17. The number of aromatic nitrogens is 1. The molecule has 3 N–H and O–H groups in total. The quantitative estimate of drug-likeness (QED) is 0.322. The van der Waals surface area contributed by atoms with Gasteiger partial charge < -0.3 is 15.8 Å². The van der Waals surface area contributed by atoms with E-state index in [0.717, 1.165) is 25.7 Å². The minimum Gasteiger partial charge on any atom is -0.497 e. The van der Waals surface area contributed by atoms with Gasteiger partial charge in [-0.05, 0) is 55.3 Å². The predicted molar refractivity (Wildman–Crippen MR) is 156 cm³/mol. The molecule has 1 aromatic heterocycles. The second-order valence-corrected chi connectivity index (χ2v) is 11.5. The number of amides is 2. The molecule has 0 aliphatic carbocycles. The molecule has 0 spiro atoms. The van der Waals surface area contributed by atoms with Gasteiger partial charge in [0, 0.05) is 34.5 Å². The molecule has 0 radical (unpaired) electrons. The van der Waals surface area contributed by atoms with Crippen molar-refractivity contribution in [2.75, 3.05) is 29.7 Å². The van der Waals surface area contributed by atoms with Crippen LogP contribution in [0.15, 0.2) is 65.2 Å². The van der Waals surface area contributed by atoms with Crippen molar-refractivity contribution in [2.45, 2.75) is 39.5 Å². The van der Waals surface area contributed by atoms with E-state index in [2.05, 4.69) is 26.5 Å². The number of anilines is 2. The number of nitrogens with zero attached hydrogens (tertiary/aromatic N) is 2. The number of hydrogen-bond acceptors (Lipinski definition) is 6. The van der Waals surface area contributed by atoms with E-state index < -0.39 is 15.6 Å². The highest BCUT2D eigenvalue weighted by Gasteiger charge is 2.15. The van der Waals surface area contributed by atoms with Gasteiger partial charge >= 0.3 is 0 Å². The number of methoxy groups -OCH3 is 1. The number of benzene rings is 2. The lowest BCUT2D eigenvalue weighted by Crippen LogP contribution is -2.14. The molecule has 1 heterocycles. The molecule has 8 nitrogen and oxygen atoms in total. The molecule has 9 heteroatoms. The Hall–Kier alpha value is -4.16. The number of carbonyl (C=O) groups is 2. The molecule has 2 aromatic carbocycles. The van der Waals surface area contributed by atoms with E-state index in [9.17, 15) is 13.8 Å². The van der Waals surface area contributed by atoms with E-state index in [1.54, 1.807) is 55.6 Å². The van der Waals surface area contributed by atoms with Gasteiger partial charge in [-0.2, -0.15) is 4.36 Å². The van der Waals surface area contributed by atoms with Crippen molar-refractivity contribution in [1.82, 2.24) is 4.98 Å². The smallest absolute Gasteiger partial charge is 0.286 e. The fourth-order valence-electron chi connectivity index (χ4n) is 3.61. The Morgan fingerprint density at radius 1 is 1.00 bits per heavy atom. The number of hydrogen-bond donors (Lipinski definition) is 2. The summed E-state index contributed by atoms with van der Waals surface area (Å²) in [4.78, 5) is 29.7. The predicted octanol–water partition coefficient (Wildman–Crippen LogP) is 5.53. The van der Waals surface area contributed by atoms with Gasteiger partial charge in [0.05, 0.1) is 28.0 Å². The van der Waals surface area contributed by atoms with E-state index in [-0.39, 0.29) is 17.3 Å². The number of carbonyl (C=O) groups excluding carboxylic acids is 2. The van der Waals surface area contributed by atoms with Crippen molar-refractivity contribution >= 4 is 33.0 Å². The fourth-order valence-corrected chi connectivity index (χ4v) is 5.88. The van der Waals surface area contributed by atoms with Crippen LogP contribution in [0.4, 0.5) is 11.5 Å². The summed E-state index contributed by atoms with van der Waals surface area (Å²) in [7, 11) is -1.10. The van der Waals surface area contributed by atoms with Crippen LogP contribution in [-0.4, -0.2) is 39.6 Å². The molecule has 0 unspecified atom stereocenters. The first-order valence-corrected chi connectivity index (χ1v) is 14.7. The maximum Gasteiger partial charge on any atom is 0.286 e. The maximum atomic E-state index is 13.3. The van der Waals surface area contributed by atoms with Crippen LogP contribution in [-0.2, 0) is 9.73 Å². The average Bonchev–Trinajstić information content (AvgIpc) is 2.94. The van der Waals surface area contributed by atoms with Crippen LogP contribution < -0.4 is 15.8 Å². The number of unbranched alkanes of at least 4 members (excludes halogenated alkanes) is 2. The zero-order chi connectivity index (χ0) is 28.3. The van der Waals surface area contributed by atoms with Crippen molar-refractivity contribution in [2.24, 2.45) is 4.36 Å². The average molecular weight is 547 g/mol. The van der Waals surface area contributed by atoms with E-state index >= 15 is 0 Å². The molecule has 3 aromatic rings. The first kappa shape index (κ1) is 29.4. The molecule has 0 aliphatic heterocycles. The van der Waals surface area contributed by atoms with Gasteiger partial charge in [0.2, 0.25) is 0 Å². The van der Waals surface area contributed by atoms with E-state index in [0.29, 0.717) is 39.6 Å². The van der Waals surface area contributed by atoms with Crippen LogP contribution in [0.1, 0.15) is 71.4 Å².